The van der Waals surface area contributed by atoms with Gasteiger partial charge in [0.25, 0.3) is 0 Å². The lowest BCUT2D eigenvalue weighted by molar-refractivity contribution is 0.415. The third-order valence-corrected chi connectivity index (χ3v) is 3.67. The summed E-state index contributed by atoms with van der Waals surface area (Å²) >= 11 is 5.76. The van der Waals surface area contributed by atoms with Gasteiger partial charge in [-0.1, -0.05) is 11.6 Å². The molecule has 0 amide bonds. The molecule has 0 unspecified atom stereocenters. The molecule has 0 aliphatic heterocycles. The maximum atomic E-state index is 13.2. The number of hydrogen-bond acceptors (Lipinski definition) is 2. The second kappa shape index (κ2) is 6.67. The van der Waals surface area contributed by atoms with E-state index in [-0.39, 0.29) is 5.02 Å². The molecule has 0 fully saturated rings. The number of hydrogen-bond donors (Lipinski definition) is 0. The Morgan fingerprint density at radius 1 is 1.13 bits per heavy atom. The smallest absolute Gasteiger partial charge is 0.141 e. The van der Waals surface area contributed by atoms with Crippen molar-refractivity contribution in [1.82, 2.24) is 4.57 Å². The molecule has 116 valence electrons. The molecule has 2 aromatic carbocycles. The molecular weight excluding hydrogens is 315 g/mol. The van der Waals surface area contributed by atoms with Crippen molar-refractivity contribution >= 4 is 23.5 Å². The van der Waals surface area contributed by atoms with Crippen molar-refractivity contribution in [3.8, 4) is 11.4 Å². The highest BCUT2D eigenvalue weighted by Crippen LogP contribution is 2.22. The lowest BCUT2D eigenvalue weighted by Gasteiger charge is -2.07. The van der Waals surface area contributed by atoms with Gasteiger partial charge in [-0.15, -0.1) is 0 Å². The molecule has 0 aliphatic rings. The van der Waals surface area contributed by atoms with E-state index < -0.39 is 5.82 Å². The van der Waals surface area contributed by atoms with Crippen molar-refractivity contribution < 1.29 is 9.13 Å². The van der Waals surface area contributed by atoms with E-state index in [4.69, 9.17) is 16.3 Å². The first-order valence-corrected chi connectivity index (χ1v) is 7.36. The Kier molecular flexibility index (Phi) is 4.44. The molecule has 23 heavy (non-hydrogen) atoms. The van der Waals surface area contributed by atoms with Crippen LogP contribution in [0.25, 0.3) is 5.69 Å². The van der Waals surface area contributed by atoms with Crippen LogP contribution < -0.4 is 4.74 Å². The first kappa shape index (κ1) is 15.3. The first-order chi connectivity index (χ1) is 11.2. The highest BCUT2D eigenvalue weighted by molar-refractivity contribution is 6.31. The van der Waals surface area contributed by atoms with Gasteiger partial charge in [0.2, 0.25) is 0 Å². The Labute approximate surface area is 138 Å². The number of halogens is 2. The molecule has 0 N–H and O–H groups in total. The van der Waals surface area contributed by atoms with Gasteiger partial charge >= 0.3 is 0 Å². The molecule has 1 heterocycles. The predicted octanol–water partition coefficient (Wildman–Crippen LogP) is 5.03. The maximum absolute atomic E-state index is 13.2. The van der Waals surface area contributed by atoms with Crippen molar-refractivity contribution in [3.05, 3.63) is 77.3 Å². The first-order valence-electron chi connectivity index (χ1n) is 6.98. The molecule has 0 spiro atoms. The second-order valence-corrected chi connectivity index (χ2v) is 5.26. The maximum Gasteiger partial charge on any atom is 0.141 e. The number of ether oxygens (including phenoxy) is 1. The van der Waals surface area contributed by atoms with Crippen molar-refractivity contribution in [2.45, 2.75) is 0 Å². The van der Waals surface area contributed by atoms with Gasteiger partial charge in [0.1, 0.15) is 11.6 Å². The Morgan fingerprint density at radius 2 is 1.91 bits per heavy atom. The fourth-order valence-corrected chi connectivity index (χ4v) is 2.36. The summed E-state index contributed by atoms with van der Waals surface area (Å²) < 4.78 is 20.3. The standard InChI is InChI=1S/C18H14ClFN2O/c1-23-16-7-5-14(6-8-16)22-10-2-3-15(22)12-21-13-4-9-18(20)17(19)11-13/h2-12H,1H3. The molecule has 3 rings (SSSR count). The Bertz CT molecular complexity index is 840. The van der Waals surface area contributed by atoms with E-state index in [9.17, 15) is 4.39 Å². The fraction of sp³-hybridized carbons (Fsp3) is 0.0556. The molecule has 0 aliphatic carbocycles. The summed E-state index contributed by atoms with van der Waals surface area (Å²) in [6, 6.07) is 16.0. The van der Waals surface area contributed by atoms with Crippen molar-refractivity contribution in [2.75, 3.05) is 7.11 Å². The summed E-state index contributed by atoms with van der Waals surface area (Å²) in [5.41, 5.74) is 2.49. The van der Waals surface area contributed by atoms with Crippen molar-refractivity contribution in [2.24, 2.45) is 4.99 Å². The van der Waals surface area contributed by atoms with Crippen LogP contribution in [0.4, 0.5) is 10.1 Å². The highest BCUT2D eigenvalue weighted by Gasteiger charge is 2.03. The van der Waals surface area contributed by atoms with E-state index in [0.29, 0.717) is 5.69 Å². The minimum atomic E-state index is -0.452. The summed E-state index contributed by atoms with van der Waals surface area (Å²) in [6.45, 7) is 0. The molecule has 3 nitrogen and oxygen atoms in total. The van der Waals surface area contributed by atoms with E-state index in [1.165, 1.54) is 12.1 Å². The molecule has 3 aromatic rings. The third-order valence-electron chi connectivity index (χ3n) is 3.38. The Morgan fingerprint density at radius 3 is 2.61 bits per heavy atom. The van der Waals surface area contributed by atoms with Crippen LogP contribution in [0.15, 0.2) is 65.8 Å². The topological polar surface area (TPSA) is 26.5 Å². The van der Waals surface area contributed by atoms with Crippen LogP contribution in [0, 0.1) is 5.82 Å². The average molecular weight is 329 g/mol. The fourth-order valence-electron chi connectivity index (χ4n) is 2.18. The van der Waals surface area contributed by atoms with Crippen LogP contribution >= 0.6 is 11.6 Å². The van der Waals surface area contributed by atoms with Crippen molar-refractivity contribution in [3.63, 3.8) is 0 Å². The van der Waals surface area contributed by atoms with Gasteiger partial charge in [-0.25, -0.2) is 4.39 Å². The molecule has 0 bridgehead atoms. The summed E-state index contributed by atoms with van der Waals surface area (Å²) in [5.74, 6) is 0.351. The van der Waals surface area contributed by atoms with Gasteiger partial charge in [-0.2, -0.15) is 0 Å². The monoisotopic (exact) mass is 328 g/mol. The number of aliphatic imine (C=N–C) groups is 1. The van der Waals surface area contributed by atoms with Crippen LogP contribution in [0.2, 0.25) is 5.02 Å². The van der Waals surface area contributed by atoms with Gasteiger partial charge < -0.3 is 9.30 Å². The van der Waals surface area contributed by atoms with Gasteiger partial charge in [-0.3, -0.25) is 4.99 Å². The summed E-state index contributed by atoms with van der Waals surface area (Å²) in [5, 5.41) is 0.0604. The van der Waals surface area contributed by atoms with Crippen LogP contribution in [0.1, 0.15) is 5.69 Å². The Hall–Kier alpha value is -2.59. The number of nitrogens with zero attached hydrogens (tertiary/aromatic N) is 2. The summed E-state index contributed by atoms with van der Waals surface area (Å²) in [6.07, 6.45) is 3.66. The van der Waals surface area contributed by atoms with Gasteiger partial charge in [0.05, 0.1) is 29.7 Å². The number of aromatic nitrogens is 1. The van der Waals surface area contributed by atoms with E-state index in [2.05, 4.69) is 4.99 Å². The van der Waals surface area contributed by atoms with Crippen LogP contribution in [0.3, 0.4) is 0 Å². The quantitative estimate of drug-likeness (QED) is 0.617. The zero-order valence-electron chi connectivity index (χ0n) is 12.4. The van der Waals surface area contributed by atoms with E-state index in [0.717, 1.165) is 17.1 Å². The van der Waals surface area contributed by atoms with E-state index >= 15 is 0 Å². The average Bonchev–Trinajstić information content (AvgIpc) is 3.04. The molecule has 0 saturated heterocycles. The largest absolute Gasteiger partial charge is 0.497 e. The molecule has 0 radical (unpaired) electrons. The summed E-state index contributed by atoms with van der Waals surface area (Å²) in [4.78, 5) is 4.35. The van der Waals surface area contributed by atoms with Crippen molar-refractivity contribution in [1.29, 1.82) is 0 Å². The molecule has 0 atom stereocenters. The summed E-state index contributed by atoms with van der Waals surface area (Å²) in [7, 11) is 1.64. The third kappa shape index (κ3) is 3.43. The zero-order chi connectivity index (χ0) is 16.2. The lowest BCUT2D eigenvalue weighted by atomic mass is 10.3. The minimum absolute atomic E-state index is 0.0604. The molecule has 0 saturated carbocycles. The molecule has 1 aromatic heterocycles. The van der Waals surface area contributed by atoms with Crippen LogP contribution in [0.5, 0.6) is 5.75 Å². The zero-order valence-corrected chi connectivity index (χ0v) is 13.2. The molecule has 5 heteroatoms. The second-order valence-electron chi connectivity index (χ2n) is 4.86. The normalized spacial score (nSPS) is 11.1. The minimum Gasteiger partial charge on any atom is -0.497 e. The van der Waals surface area contributed by atoms with Crippen LogP contribution in [-0.2, 0) is 0 Å². The van der Waals surface area contributed by atoms with Gasteiger partial charge in [0.15, 0.2) is 0 Å². The van der Waals surface area contributed by atoms with Gasteiger partial charge in [-0.05, 0) is 54.6 Å². The van der Waals surface area contributed by atoms with E-state index in [1.54, 1.807) is 19.4 Å². The number of rotatable bonds is 4. The Balaban J connectivity index is 1.88. The van der Waals surface area contributed by atoms with E-state index in [1.807, 2.05) is 47.2 Å². The lowest BCUT2D eigenvalue weighted by Crippen LogP contribution is -1.97. The molecular formula is C18H14ClFN2O. The highest BCUT2D eigenvalue weighted by atomic mass is 35.5. The number of methoxy groups -OCH3 is 1. The SMILES string of the molecule is COc1ccc(-n2cccc2C=Nc2ccc(F)c(Cl)c2)cc1. The number of benzene rings is 2. The van der Waals surface area contributed by atoms with Crippen LogP contribution in [-0.4, -0.2) is 17.9 Å². The predicted molar refractivity (Wildman–Crippen MR) is 91.0 cm³/mol. The van der Waals surface area contributed by atoms with Gasteiger partial charge in [0, 0.05) is 11.9 Å².